The van der Waals surface area contributed by atoms with Gasteiger partial charge in [-0.25, -0.2) is 9.07 Å². The molecule has 6 nitrogen and oxygen atoms in total. The highest BCUT2D eigenvalue weighted by Gasteiger charge is 2.20. The number of hydrogen-bond acceptors (Lipinski definition) is 5. The standard InChI is InChI=1S/C18H21ClFN5O/c1-11(26)16-6-13(20)4-5-17(16)25-15(8-18(19)24-25)7-14(23-21)10-22-9-12-2-3-12/h4-6,8,10-12,26H,2-3,7,9,21H2,1H3/t11-/m1/s1. The van der Waals surface area contributed by atoms with Crippen LogP contribution in [0.15, 0.2) is 34.4 Å². The molecule has 138 valence electrons. The van der Waals surface area contributed by atoms with Gasteiger partial charge in [0, 0.05) is 24.7 Å². The van der Waals surface area contributed by atoms with E-state index in [0.717, 1.165) is 6.54 Å². The first kappa shape index (κ1) is 18.5. The lowest BCUT2D eigenvalue weighted by atomic mass is 10.1. The number of hydrogen-bond donors (Lipinski definition) is 2. The summed E-state index contributed by atoms with van der Waals surface area (Å²) < 4.78 is 15.2. The Labute approximate surface area is 156 Å². The summed E-state index contributed by atoms with van der Waals surface area (Å²) in [6.07, 6.45) is 3.62. The molecule has 0 radical (unpaired) electrons. The topological polar surface area (TPSA) is 88.8 Å². The Morgan fingerprint density at radius 2 is 2.27 bits per heavy atom. The van der Waals surface area contributed by atoms with Crippen molar-refractivity contribution in [1.29, 1.82) is 0 Å². The van der Waals surface area contributed by atoms with Crippen molar-refractivity contribution in [3.8, 4) is 5.69 Å². The second-order valence-corrected chi connectivity index (χ2v) is 6.87. The van der Waals surface area contributed by atoms with E-state index in [0.29, 0.717) is 35.0 Å². The van der Waals surface area contributed by atoms with Gasteiger partial charge in [-0.15, -0.1) is 0 Å². The van der Waals surface area contributed by atoms with E-state index in [1.54, 1.807) is 30.0 Å². The zero-order chi connectivity index (χ0) is 18.7. The summed E-state index contributed by atoms with van der Waals surface area (Å²) in [5, 5.41) is 18.3. The first-order valence-electron chi connectivity index (χ1n) is 8.47. The quantitative estimate of drug-likeness (QED) is 0.441. The fourth-order valence-electron chi connectivity index (χ4n) is 2.69. The molecule has 0 spiro atoms. The van der Waals surface area contributed by atoms with Gasteiger partial charge in [0.25, 0.3) is 0 Å². The molecular weight excluding hydrogens is 357 g/mol. The minimum Gasteiger partial charge on any atom is -0.389 e. The molecule has 1 aromatic heterocycles. The van der Waals surface area contributed by atoms with Gasteiger partial charge in [-0.05, 0) is 49.9 Å². The van der Waals surface area contributed by atoms with Crippen LogP contribution in [0.2, 0.25) is 5.15 Å². The van der Waals surface area contributed by atoms with E-state index in [-0.39, 0.29) is 5.15 Å². The van der Waals surface area contributed by atoms with Crippen LogP contribution in [0.3, 0.4) is 0 Å². The van der Waals surface area contributed by atoms with Crippen molar-refractivity contribution < 1.29 is 9.50 Å². The third-order valence-electron chi connectivity index (χ3n) is 4.25. The van der Waals surface area contributed by atoms with E-state index >= 15 is 0 Å². The lowest BCUT2D eigenvalue weighted by Gasteiger charge is -2.14. The molecule has 0 amide bonds. The van der Waals surface area contributed by atoms with E-state index in [9.17, 15) is 9.50 Å². The highest BCUT2D eigenvalue weighted by molar-refractivity contribution is 6.31. The van der Waals surface area contributed by atoms with Crippen molar-refractivity contribution in [3.05, 3.63) is 46.5 Å². The molecule has 1 aliphatic rings. The maximum absolute atomic E-state index is 13.6. The number of aromatic nitrogens is 2. The average Bonchev–Trinajstić information content (AvgIpc) is 3.35. The second-order valence-electron chi connectivity index (χ2n) is 6.48. The van der Waals surface area contributed by atoms with Gasteiger partial charge >= 0.3 is 0 Å². The van der Waals surface area contributed by atoms with Gasteiger partial charge < -0.3 is 10.9 Å². The Morgan fingerprint density at radius 1 is 1.50 bits per heavy atom. The van der Waals surface area contributed by atoms with Gasteiger partial charge in [0.05, 0.1) is 23.2 Å². The van der Waals surface area contributed by atoms with Gasteiger partial charge in [0.2, 0.25) is 0 Å². The monoisotopic (exact) mass is 377 g/mol. The van der Waals surface area contributed by atoms with Crippen molar-refractivity contribution in [2.24, 2.45) is 21.9 Å². The largest absolute Gasteiger partial charge is 0.389 e. The van der Waals surface area contributed by atoms with Crippen LogP contribution < -0.4 is 5.84 Å². The number of nitrogens with two attached hydrogens (primary N) is 1. The van der Waals surface area contributed by atoms with Crippen molar-refractivity contribution in [2.45, 2.75) is 32.3 Å². The number of hydrazone groups is 1. The van der Waals surface area contributed by atoms with E-state index in [1.165, 1.54) is 25.0 Å². The first-order valence-corrected chi connectivity index (χ1v) is 8.84. The number of aliphatic hydroxyl groups excluding tert-OH is 1. The molecule has 1 heterocycles. The van der Waals surface area contributed by atoms with Crippen LogP contribution >= 0.6 is 11.6 Å². The number of nitrogens with zero attached hydrogens (tertiary/aromatic N) is 4. The maximum Gasteiger partial charge on any atom is 0.151 e. The van der Waals surface area contributed by atoms with Crippen molar-refractivity contribution >= 4 is 23.5 Å². The SMILES string of the molecule is C[C@@H](O)c1cc(F)ccc1-n1nc(Cl)cc1CC(C=NCC1CC1)=NN. The first-order chi connectivity index (χ1) is 12.5. The van der Waals surface area contributed by atoms with Crippen molar-refractivity contribution in [1.82, 2.24) is 9.78 Å². The van der Waals surface area contributed by atoms with Gasteiger partial charge in [-0.3, -0.25) is 4.99 Å². The van der Waals surface area contributed by atoms with Crippen LogP contribution in [0.4, 0.5) is 4.39 Å². The van der Waals surface area contributed by atoms with Crippen LogP contribution in [0.1, 0.15) is 37.1 Å². The molecule has 1 fully saturated rings. The van der Waals surface area contributed by atoms with Crippen LogP contribution in [-0.4, -0.2) is 33.4 Å². The van der Waals surface area contributed by atoms with E-state index in [1.807, 2.05) is 0 Å². The molecule has 0 saturated heterocycles. The highest BCUT2D eigenvalue weighted by atomic mass is 35.5. The number of rotatable bonds is 7. The second kappa shape index (κ2) is 7.97. The van der Waals surface area contributed by atoms with Gasteiger partial charge in [0.15, 0.2) is 5.15 Å². The number of aliphatic imine (C=N–C) groups is 1. The fourth-order valence-corrected chi connectivity index (χ4v) is 2.89. The maximum atomic E-state index is 13.6. The normalized spacial score (nSPS) is 16.4. The third-order valence-corrected chi connectivity index (χ3v) is 4.43. The molecule has 1 aromatic carbocycles. The molecule has 8 heteroatoms. The molecule has 2 aromatic rings. The van der Waals surface area contributed by atoms with E-state index < -0.39 is 11.9 Å². The summed E-state index contributed by atoms with van der Waals surface area (Å²) in [7, 11) is 0. The van der Waals surface area contributed by atoms with Gasteiger partial charge in [0.1, 0.15) is 5.82 Å². The summed E-state index contributed by atoms with van der Waals surface area (Å²) in [4.78, 5) is 4.38. The average molecular weight is 378 g/mol. The Balaban J connectivity index is 1.89. The molecular formula is C18H21ClFN5O. The predicted molar refractivity (Wildman–Crippen MR) is 101 cm³/mol. The molecule has 0 unspecified atom stereocenters. The van der Waals surface area contributed by atoms with E-state index in [2.05, 4.69) is 15.2 Å². The Morgan fingerprint density at radius 3 is 2.92 bits per heavy atom. The van der Waals surface area contributed by atoms with Crippen LogP contribution in [0, 0.1) is 11.7 Å². The lowest BCUT2D eigenvalue weighted by Crippen LogP contribution is -2.14. The third kappa shape index (κ3) is 4.47. The Bertz CT molecular complexity index is 842. The molecule has 3 N–H and O–H groups in total. The molecule has 0 bridgehead atoms. The summed E-state index contributed by atoms with van der Waals surface area (Å²) in [6, 6.07) is 5.85. The van der Waals surface area contributed by atoms with Crippen LogP contribution in [0.25, 0.3) is 5.69 Å². The fraction of sp³-hybridized carbons (Fsp3) is 0.389. The Hall–Kier alpha value is -2.25. The summed E-state index contributed by atoms with van der Waals surface area (Å²) in [5.74, 6) is 5.74. The minimum atomic E-state index is -0.862. The number of benzene rings is 1. The van der Waals surface area contributed by atoms with Crippen molar-refractivity contribution in [3.63, 3.8) is 0 Å². The lowest BCUT2D eigenvalue weighted by molar-refractivity contribution is 0.198. The minimum absolute atomic E-state index is 0.284. The van der Waals surface area contributed by atoms with Gasteiger partial charge in [-0.1, -0.05) is 11.6 Å². The zero-order valence-electron chi connectivity index (χ0n) is 14.4. The summed E-state index contributed by atoms with van der Waals surface area (Å²) in [5.41, 5.74) is 2.27. The zero-order valence-corrected chi connectivity index (χ0v) is 15.2. The molecule has 26 heavy (non-hydrogen) atoms. The van der Waals surface area contributed by atoms with Crippen molar-refractivity contribution in [2.75, 3.05) is 6.54 Å². The summed E-state index contributed by atoms with van der Waals surface area (Å²) >= 11 is 6.09. The van der Waals surface area contributed by atoms with Crippen LogP contribution in [-0.2, 0) is 6.42 Å². The highest BCUT2D eigenvalue weighted by Crippen LogP contribution is 2.28. The molecule has 1 aliphatic carbocycles. The van der Waals surface area contributed by atoms with E-state index in [4.69, 9.17) is 17.4 Å². The summed E-state index contributed by atoms with van der Waals surface area (Å²) in [6.45, 7) is 2.35. The smallest absolute Gasteiger partial charge is 0.151 e. The molecule has 3 rings (SSSR count). The number of halogens is 2. The number of aliphatic hydroxyl groups is 1. The Kier molecular flexibility index (Phi) is 5.68. The molecule has 0 aliphatic heterocycles. The molecule has 1 atom stereocenters. The molecule has 1 saturated carbocycles. The van der Waals surface area contributed by atoms with Crippen LogP contribution in [0.5, 0.6) is 0 Å². The van der Waals surface area contributed by atoms with Gasteiger partial charge in [-0.2, -0.15) is 10.2 Å². The predicted octanol–water partition coefficient (Wildman–Crippen LogP) is 3.06.